The molecule has 182 valence electrons. The molecule has 2 aromatic rings. The summed E-state index contributed by atoms with van der Waals surface area (Å²) in [6, 6.07) is 12.6. The van der Waals surface area contributed by atoms with Crippen LogP contribution in [0.15, 0.2) is 36.4 Å². The van der Waals surface area contributed by atoms with Gasteiger partial charge in [0.2, 0.25) is 0 Å². The van der Waals surface area contributed by atoms with Crippen molar-refractivity contribution in [2.45, 2.75) is 118 Å². The minimum absolute atomic E-state index is 0.0565. The van der Waals surface area contributed by atoms with E-state index in [0.717, 1.165) is 29.5 Å². The first-order valence-corrected chi connectivity index (χ1v) is 12.5. The fourth-order valence-electron chi connectivity index (χ4n) is 3.73. The van der Waals surface area contributed by atoms with Crippen molar-refractivity contribution in [3.63, 3.8) is 0 Å². The van der Waals surface area contributed by atoms with E-state index in [1.165, 1.54) is 5.56 Å². The van der Waals surface area contributed by atoms with Gasteiger partial charge in [0.05, 0.1) is 5.56 Å². The van der Waals surface area contributed by atoms with Crippen molar-refractivity contribution < 1.29 is 9.53 Å². The Bertz CT molecular complexity index is 962. The molecule has 0 aliphatic heterocycles. The smallest absolute Gasteiger partial charge is 0.343 e. The van der Waals surface area contributed by atoms with E-state index in [0.29, 0.717) is 11.3 Å². The van der Waals surface area contributed by atoms with Crippen molar-refractivity contribution in [1.29, 1.82) is 0 Å². The van der Waals surface area contributed by atoms with Crippen molar-refractivity contribution in [3.8, 4) is 5.75 Å². The van der Waals surface area contributed by atoms with E-state index >= 15 is 0 Å². The predicted octanol–water partition coefficient (Wildman–Crippen LogP) is 8.88. The van der Waals surface area contributed by atoms with Crippen LogP contribution < -0.4 is 4.74 Å². The van der Waals surface area contributed by atoms with E-state index in [1.807, 2.05) is 18.2 Å². The van der Waals surface area contributed by atoms with Crippen molar-refractivity contribution >= 4 is 5.97 Å². The first-order valence-electron chi connectivity index (χ1n) is 12.5. The topological polar surface area (TPSA) is 26.3 Å². The Morgan fingerprint density at radius 2 is 1.15 bits per heavy atom. The fourth-order valence-corrected chi connectivity index (χ4v) is 3.73. The Kier molecular flexibility index (Phi) is 7.63. The summed E-state index contributed by atoms with van der Waals surface area (Å²) in [5.74, 6) is 0.378. The molecule has 0 N–H and O–H groups in total. The second kappa shape index (κ2) is 9.28. The lowest BCUT2D eigenvalue weighted by Crippen LogP contribution is -2.23. The monoisotopic (exact) mass is 450 g/mol. The first kappa shape index (κ1) is 27.2. The van der Waals surface area contributed by atoms with Crippen LogP contribution in [0.2, 0.25) is 0 Å². The highest BCUT2D eigenvalue weighted by atomic mass is 16.5. The summed E-state index contributed by atoms with van der Waals surface area (Å²) >= 11 is 0. The van der Waals surface area contributed by atoms with Gasteiger partial charge >= 0.3 is 5.97 Å². The zero-order valence-corrected chi connectivity index (χ0v) is 23.2. The van der Waals surface area contributed by atoms with E-state index < -0.39 is 0 Å². The standard InChI is InChI=1S/C31H46O2/c1-13-30(9,10)22-15-16-26(25(20-22)31(11,12)14-2)33-27(32)21-17-23(28(3,4)5)19-24(18-21)29(6,7)8/h15-20H,13-14H2,1-12H3. The summed E-state index contributed by atoms with van der Waals surface area (Å²) in [4.78, 5) is 13.5. The van der Waals surface area contributed by atoms with Crippen LogP contribution in [-0.2, 0) is 21.7 Å². The van der Waals surface area contributed by atoms with Crippen LogP contribution in [-0.4, -0.2) is 5.97 Å². The summed E-state index contributed by atoms with van der Waals surface area (Å²) in [6.45, 7) is 26.5. The van der Waals surface area contributed by atoms with Gasteiger partial charge in [-0.05, 0) is 69.4 Å². The zero-order valence-electron chi connectivity index (χ0n) is 23.2. The van der Waals surface area contributed by atoms with Crippen molar-refractivity contribution in [3.05, 3.63) is 64.2 Å². The van der Waals surface area contributed by atoms with E-state index in [2.05, 4.69) is 101 Å². The molecule has 0 aliphatic rings. The van der Waals surface area contributed by atoms with Gasteiger partial charge in [-0.25, -0.2) is 4.79 Å². The molecule has 0 saturated carbocycles. The van der Waals surface area contributed by atoms with Gasteiger partial charge in [0, 0.05) is 5.56 Å². The van der Waals surface area contributed by atoms with Crippen molar-refractivity contribution in [2.24, 2.45) is 0 Å². The number of ether oxygens (including phenoxy) is 1. The molecular weight excluding hydrogens is 404 g/mol. The number of hydrogen-bond acceptors (Lipinski definition) is 2. The molecule has 0 aliphatic carbocycles. The highest BCUT2D eigenvalue weighted by Gasteiger charge is 2.28. The molecule has 0 saturated heterocycles. The Labute approximate surface area is 203 Å². The second-order valence-corrected chi connectivity index (χ2v) is 12.9. The molecule has 0 aromatic heterocycles. The quantitative estimate of drug-likeness (QED) is 0.324. The summed E-state index contributed by atoms with van der Waals surface area (Å²) in [5, 5.41) is 0. The van der Waals surface area contributed by atoms with Crippen LogP contribution in [0.5, 0.6) is 5.75 Å². The molecule has 2 rings (SSSR count). The third-order valence-electron chi connectivity index (χ3n) is 7.36. The Hall–Kier alpha value is -2.09. The number of esters is 1. The first-order chi connectivity index (χ1) is 14.9. The van der Waals surface area contributed by atoms with Crippen LogP contribution in [0, 0.1) is 0 Å². The lowest BCUT2D eigenvalue weighted by Gasteiger charge is -2.30. The molecule has 0 unspecified atom stereocenters. The largest absolute Gasteiger partial charge is 0.423 e. The molecule has 2 aromatic carbocycles. The van der Waals surface area contributed by atoms with Gasteiger partial charge in [0.15, 0.2) is 0 Å². The van der Waals surface area contributed by atoms with E-state index in [-0.39, 0.29) is 27.6 Å². The third kappa shape index (κ3) is 6.28. The maximum atomic E-state index is 13.5. The lowest BCUT2D eigenvalue weighted by atomic mass is 9.76. The molecule has 0 spiro atoms. The lowest BCUT2D eigenvalue weighted by molar-refractivity contribution is 0.0731. The van der Waals surface area contributed by atoms with E-state index in [4.69, 9.17) is 4.74 Å². The average molecular weight is 451 g/mol. The van der Waals surface area contributed by atoms with Crippen LogP contribution >= 0.6 is 0 Å². The minimum atomic E-state index is -0.290. The number of carbonyl (C=O) groups is 1. The number of hydrogen-bond donors (Lipinski definition) is 0. The maximum absolute atomic E-state index is 13.5. The summed E-state index contributed by atoms with van der Waals surface area (Å²) in [7, 11) is 0. The molecule has 0 atom stereocenters. The van der Waals surface area contributed by atoms with Gasteiger partial charge < -0.3 is 4.74 Å². The molecule has 2 nitrogen and oxygen atoms in total. The maximum Gasteiger partial charge on any atom is 0.343 e. The average Bonchev–Trinajstić information content (AvgIpc) is 2.72. The fraction of sp³-hybridized carbons (Fsp3) is 0.581. The van der Waals surface area contributed by atoms with E-state index in [1.54, 1.807) is 0 Å². The molecule has 0 radical (unpaired) electrons. The highest BCUT2D eigenvalue weighted by molar-refractivity contribution is 5.92. The summed E-state index contributed by atoms with van der Waals surface area (Å²) in [5.41, 5.74) is 5.16. The van der Waals surface area contributed by atoms with Gasteiger partial charge in [-0.15, -0.1) is 0 Å². The second-order valence-electron chi connectivity index (χ2n) is 12.9. The summed E-state index contributed by atoms with van der Waals surface area (Å²) in [6.07, 6.45) is 2.01. The molecule has 0 heterocycles. The Morgan fingerprint density at radius 3 is 1.58 bits per heavy atom. The van der Waals surface area contributed by atoms with Gasteiger partial charge in [-0.3, -0.25) is 0 Å². The number of carbonyl (C=O) groups excluding carboxylic acids is 1. The van der Waals surface area contributed by atoms with Crippen LogP contribution in [0.3, 0.4) is 0 Å². The van der Waals surface area contributed by atoms with Crippen LogP contribution in [0.4, 0.5) is 0 Å². The zero-order chi connectivity index (χ0) is 25.4. The molecule has 0 amide bonds. The van der Waals surface area contributed by atoms with Crippen LogP contribution in [0.1, 0.15) is 129 Å². The minimum Gasteiger partial charge on any atom is -0.423 e. The number of benzene rings is 2. The molecule has 2 heteroatoms. The normalized spacial score (nSPS) is 13.2. The molecule has 0 fully saturated rings. The predicted molar refractivity (Wildman–Crippen MR) is 142 cm³/mol. The van der Waals surface area contributed by atoms with E-state index in [9.17, 15) is 4.79 Å². The molecule has 0 bridgehead atoms. The third-order valence-corrected chi connectivity index (χ3v) is 7.36. The highest BCUT2D eigenvalue weighted by Crippen LogP contribution is 2.39. The van der Waals surface area contributed by atoms with Gasteiger partial charge in [-0.2, -0.15) is 0 Å². The summed E-state index contributed by atoms with van der Waals surface area (Å²) < 4.78 is 6.12. The van der Waals surface area contributed by atoms with Crippen molar-refractivity contribution in [2.75, 3.05) is 0 Å². The van der Waals surface area contributed by atoms with Gasteiger partial charge in [0.1, 0.15) is 5.75 Å². The van der Waals surface area contributed by atoms with Gasteiger partial charge in [-0.1, -0.05) is 101 Å². The van der Waals surface area contributed by atoms with Crippen molar-refractivity contribution in [1.82, 2.24) is 0 Å². The Balaban J connectivity index is 2.58. The Morgan fingerprint density at radius 1 is 0.667 bits per heavy atom. The van der Waals surface area contributed by atoms with Crippen LogP contribution in [0.25, 0.3) is 0 Å². The number of rotatable bonds is 6. The SMILES string of the molecule is CCC(C)(C)c1ccc(OC(=O)c2cc(C(C)(C)C)cc(C(C)(C)C)c2)c(C(C)(C)CC)c1. The van der Waals surface area contributed by atoms with Gasteiger partial charge in [0.25, 0.3) is 0 Å². The molecular formula is C31H46O2. The molecule has 33 heavy (non-hydrogen) atoms.